The Balaban J connectivity index is 1.32. The second-order valence-corrected chi connectivity index (χ2v) is 11.6. The molecule has 2 N–H and O–H groups in total. The van der Waals surface area contributed by atoms with Crippen molar-refractivity contribution in [3.8, 4) is 0 Å². The van der Waals surface area contributed by atoms with E-state index in [1.54, 1.807) is 0 Å². The molecule has 1 saturated heterocycles. The Morgan fingerprint density at radius 1 is 1.24 bits per heavy atom. The quantitative estimate of drug-likeness (QED) is 0.485. The summed E-state index contributed by atoms with van der Waals surface area (Å²) in [6.45, 7) is 8.42. The molecule has 2 aliphatic rings. The van der Waals surface area contributed by atoms with E-state index in [0.717, 1.165) is 61.6 Å². The van der Waals surface area contributed by atoms with Gasteiger partial charge in [-0.3, -0.25) is 14.3 Å². The van der Waals surface area contributed by atoms with Crippen LogP contribution in [0.3, 0.4) is 0 Å². The van der Waals surface area contributed by atoms with Crippen molar-refractivity contribution in [3.05, 3.63) is 59.2 Å². The van der Waals surface area contributed by atoms with E-state index < -0.39 is 5.60 Å². The van der Waals surface area contributed by atoms with Gasteiger partial charge in [-0.2, -0.15) is 0 Å². The summed E-state index contributed by atoms with van der Waals surface area (Å²) >= 11 is 0. The second-order valence-electron chi connectivity index (χ2n) is 11.6. The number of rotatable bonds is 7. The molecule has 3 aromatic rings. The number of anilines is 1. The molecule has 4 heterocycles. The van der Waals surface area contributed by atoms with E-state index in [1.807, 2.05) is 45.2 Å². The molecule has 0 aromatic carbocycles. The lowest BCUT2D eigenvalue weighted by atomic mass is 9.91. The number of nitrogens with one attached hydrogen (secondary N) is 1. The number of aromatic nitrogens is 3. The van der Waals surface area contributed by atoms with Gasteiger partial charge in [0.2, 0.25) is 0 Å². The van der Waals surface area contributed by atoms with E-state index in [1.165, 1.54) is 11.3 Å². The van der Waals surface area contributed by atoms with Crippen LogP contribution >= 0.6 is 0 Å². The Morgan fingerprint density at radius 2 is 2.08 bits per heavy atom. The molecule has 0 radical (unpaired) electrons. The van der Waals surface area contributed by atoms with Crippen LogP contribution in [0.25, 0.3) is 5.65 Å². The maximum atomic E-state index is 12.1. The van der Waals surface area contributed by atoms with Gasteiger partial charge in [-0.05, 0) is 83.2 Å². The molecule has 1 amide bonds. The van der Waals surface area contributed by atoms with Gasteiger partial charge in [-0.15, -0.1) is 0 Å². The molecule has 5 rings (SSSR count). The zero-order chi connectivity index (χ0) is 26.9. The highest BCUT2D eigenvalue weighted by molar-refractivity contribution is 5.67. The molecule has 204 valence electrons. The van der Waals surface area contributed by atoms with E-state index in [2.05, 4.69) is 38.7 Å². The van der Waals surface area contributed by atoms with Gasteiger partial charge >= 0.3 is 6.09 Å². The van der Waals surface area contributed by atoms with E-state index in [4.69, 9.17) is 14.7 Å². The summed E-state index contributed by atoms with van der Waals surface area (Å²) < 4.78 is 7.48. The monoisotopic (exact) mass is 520 g/mol. The summed E-state index contributed by atoms with van der Waals surface area (Å²) in [7, 11) is 2.13. The fourth-order valence-electron chi connectivity index (χ4n) is 5.83. The van der Waals surface area contributed by atoms with Crippen LogP contribution in [0.15, 0.2) is 36.5 Å². The molecular weight excluding hydrogens is 480 g/mol. The van der Waals surface area contributed by atoms with Gasteiger partial charge in [0.15, 0.2) is 0 Å². The number of alkyl carbamates (subject to hydrolysis) is 1. The molecule has 0 spiro atoms. The first-order valence-electron chi connectivity index (χ1n) is 13.7. The zero-order valence-electron chi connectivity index (χ0n) is 23.0. The Hall–Kier alpha value is -3.17. The minimum Gasteiger partial charge on any atom is -0.444 e. The Bertz CT molecular complexity index is 1280. The summed E-state index contributed by atoms with van der Waals surface area (Å²) in [6, 6.07) is 10.6. The van der Waals surface area contributed by atoms with Gasteiger partial charge in [-0.1, -0.05) is 12.1 Å². The van der Waals surface area contributed by atoms with Crippen molar-refractivity contribution in [3.63, 3.8) is 0 Å². The minimum atomic E-state index is -0.508. The van der Waals surface area contributed by atoms with Crippen molar-refractivity contribution >= 4 is 17.6 Å². The van der Waals surface area contributed by atoms with Crippen LogP contribution in [0.4, 0.5) is 10.6 Å². The maximum Gasteiger partial charge on any atom is 0.407 e. The largest absolute Gasteiger partial charge is 0.444 e. The average molecular weight is 521 g/mol. The first-order chi connectivity index (χ1) is 18.2. The first kappa shape index (κ1) is 26.4. The Morgan fingerprint density at radius 3 is 2.87 bits per heavy atom. The highest BCUT2D eigenvalue weighted by Crippen LogP contribution is 2.34. The second kappa shape index (κ2) is 10.9. The normalized spacial score (nSPS) is 19.7. The van der Waals surface area contributed by atoms with Crippen molar-refractivity contribution < 1.29 is 14.6 Å². The lowest BCUT2D eigenvalue weighted by Gasteiger charge is -2.32. The number of hydrogen-bond donors (Lipinski definition) is 2. The molecule has 1 fully saturated rings. The van der Waals surface area contributed by atoms with Gasteiger partial charge in [0.1, 0.15) is 17.1 Å². The summed E-state index contributed by atoms with van der Waals surface area (Å²) in [4.78, 5) is 26.4. The highest BCUT2D eigenvalue weighted by Gasteiger charge is 2.29. The number of hydrogen-bond acceptors (Lipinski definition) is 7. The zero-order valence-corrected chi connectivity index (χ0v) is 23.0. The minimum absolute atomic E-state index is 0.0850. The lowest BCUT2D eigenvalue weighted by molar-refractivity contribution is 0.0520. The number of aliphatic hydroxyl groups is 1. The molecule has 1 aliphatic carbocycles. The molecule has 0 saturated carbocycles. The molecule has 1 aliphatic heterocycles. The number of carbonyl (C=O) groups is 1. The van der Waals surface area contributed by atoms with E-state index in [0.29, 0.717) is 19.0 Å². The molecule has 2 atom stereocenters. The summed E-state index contributed by atoms with van der Waals surface area (Å²) in [5.74, 6) is 1.35. The number of pyridine rings is 2. The number of aliphatic hydroxyl groups excluding tert-OH is 1. The van der Waals surface area contributed by atoms with Gasteiger partial charge in [-0.25, -0.2) is 9.78 Å². The number of ether oxygens (including phenoxy) is 1. The van der Waals surface area contributed by atoms with Gasteiger partial charge in [0.05, 0.1) is 29.7 Å². The predicted octanol–water partition coefficient (Wildman–Crippen LogP) is 4.08. The van der Waals surface area contributed by atoms with Crippen LogP contribution in [0.5, 0.6) is 0 Å². The van der Waals surface area contributed by atoms with Crippen LogP contribution in [-0.4, -0.2) is 62.8 Å². The predicted molar refractivity (Wildman–Crippen MR) is 147 cm³/mol. The van der Waals surface area contributed by atoms with Gasteiger partial charge in [0.25, 0.3) is 0 Å². The molecular formula is C29H40N6O3. The fraction of sp³-hybridized carbons (Fsp3) is 0.552. The van der Waals surface area contributed by atoms with E-state index in [9.17, 15) is 9.90 Å². The van der Waals surface area contributed by atoms with Crippen molar-refractivity contribution in [1.29, 1.82) is 0 Å². The van der Waals surface area contributed by atoms with Crippen molar-refractivity contribution in [2.75, 3.05) is 31.6 Å². The average Bonchev–Trinajstić information content (AvgIpc) is 3.50. The van der Waals surface area contributed by atoms with E-state index in [-0.39, 0.29) is 18.7 Å². The topological polar surface area (TPSA) is 95.2 Å². The third-order valence-corrected chi connectivity index (χ3v) is 7.59. The summed E-state index contributed by atoms with van der Waals surface area (Å²) in [6.07, 6.45) is 5.78. The van der Waals surface area contributed by atoms with Crippen LogP contribution < -0.4 is 10.2 Å². The van der Waals surface area contributed by atoms with Crippen LogP contribution in [0, 0.1) is 5.92 Å². The number of carbonyl (C=O) groups excluding carboxylic acids is 1. The Labute approximate surface area is 224 Å². The SMILES string of the molecule is CN(Cc1nc2cccc(N3CC[C@H](CNC(=O)OC(C)(C)C)C3)n2c1CO)[C@H]1CCCc2cccnc21. The molecule has 9 heteroatoms. The Kier molecular flexibility index (Phi) is 7.59. The van der Waals surface area contributed by atoms with Gasteiger partial charge in [0, 0.05) is 32.4 Å². The lowest BCUT2D eigenvalue weighted by Crippen LogP contribution is -2.36. The van der Waals surface area contributed by atoms with Crippen LogP contribution in [0.1, 0.15) is 68.7 Å². The third-order valence-electron chi connectivity index (χ3n) is 7.59. The fourth-order valence-corrected chi connectivity index (χ4v) is 5.83. The summed E-state index contributed by atoms with van der Waals surface area (Å²) in [5.41, 5.74) is 4.56. The first-order valence-corrected chi connectivity index (χ1v) is 13.7. The molecule has 9 nitrogen and oxygen atoms in total. The molecule has 38 heavy (non-hydrogen) atoms. The maximum absolute atomic E-state index is 12.1. The number of fused-ring (bicyclic) bond motifs is 2. The molecule has 0 unspecified atom stereocenters. The van der Waals surface area contributed by atoms with E-state index >= 15 is 0 Å². The van der Waals surface area contributed by atoms with Crippen molar-refractivity contribution in [2.45, 2.75) is 71.2 Å². The van der Waals surface area contributed by atoms with Crippen molar-refractivity contribution in [1.82, 2.24) is 24.6 Å². The summed E-state index contributed by atoms with van der Waals surface area (Å²) in [5, 5.41) is 13.4. The van der Waals surface area contributed by atoms with Gasteiger partial charge < -0.3 is 20.1 Å². The standard InChI is InChI=1S/C29H40N6O3/c1-29(2,3)38-28(37)31-16-20-13-15-34(17-20)26-12-6-11-25-32-22(24(19-36)35(25)26)18-33(4)23-10-5-8-21-9-7-14-30-27(21)23/h6-7,9,11-12,14,20,23,36H,5,8,10,13,15-19H2,1-4H3,(H,31,37)/t20-,23+/m1/s1. The number of amides is 1. The number of aryl methyl sites for hydroxylation is 1. The van der Waals surface area contributed by atoms with Crippen LogP contribution in [-0.2, 0) is 24.3 Å². The van der Waals surface area contributed by atoms with Crippen LogP contribution in [0.2, 0.25) is 0 Å². The number of imidazole rings is 1. The smallest absolute Gasteiger partial charge is 0.407 e. The molecule has 3 aromatic heterocycles. The third kappa shape index (κ3) is 5.63. The molecule has 0 bridgehead atoms. The van der Waals surface area contributed by atoms with Crippen molar-refractivity contribution in [2.24, 2.45) is 5.92 Å². The highest BCUT2D eigenvalue weighted by atomic mass is 16.6. The number of nitrogens with zero attached hydrogens (tertiary/aromatic N) is 5.